The van der Waals surface area contributed by atoms with E-state index in [1.54, 1.807) is 12.1 Å². The molecule has 0 bridgehead atoms. The van der Waals surface area contributed by atoms with Crippen molar-refractivity contribution in [1.29, 1.82) is 5.26 Å². The quantitative estimate of drug-likeness (QED) is 0.915. The average Bonchev–Trinajstić information content (AvgIpc) is 2.62. The van der Waals surface area contributed by atoms with Gasteiger partial charge in [-0.25, -0.2) is 4.98 Å². The number of nitriles is 1. The summed E-state index contributed by atoms with van der Waals surface area (Å²) in [5.74, 6) is 1.61. The summed E-state index contributed by atoms with van der Waals surface area (Å²) in [5, 5.41) is 12.1. The van der Waals surface area contributed by atoms with Crippen LogP contribution in [0.1, 0.15) is 43.9 Å². The van der Waals surface area contributed by atoms with Crippen molar-refractivity contribution in [3.8, 4) is 6.07 Å². The Balaban J connectivity index is 1.84. The molecule has 2 heterocycles. The van der Waals surface area contributed by atoms with Crippen molar-refractivity contribution < 1.29 is 0 Å². The molecule has 1 N–H and O–H groups in total. The van der Waals surface area contributed by atoms with Gasteiger partial charge in [-0.05, 0) is 56.9 Å². The lowest BCUT2D eigenvalue weighted by Crippen LogP contribution is -2.39. The molecule has 1 aliphatic heterocycles. The first kappa shape index (κ1) is 16.3. The minimum absolute atomic E-state index is 0.566. The summed E-state index contributed by atoms with van der Waals surface area (Å²) in [7, 11) is 0. The molecule has 0 amide bonds. The van der Waals surface area contributed by atoms with Crippen molar-refractivity contribution >= 4 is 17.5 Å². The van der Waals surface area contributed by atoms with Crippen LogP contribution in [0.5, 0.6) is 0 Å². The monoisotopic (exact) mass is 321 g/mol. The van der Waals surface area contributed by atoms with Gasteiger partial charge >= 0.3 is 0 Å². The SMILES string of the molecule is CCC1CCCCN1c1cc(C)nc(Nc2ccc(C#N)cc2)n1. The summed E-state index contributed by atoms with van der Waals surface area (Å²) in [6.45, 7) is 5.30. The summed E-state index contributed by atoms with van der Waals surface area (Å²) < 4.78 is 0. The number of hydrogen-bond donors (Lipinski definition) is 1. The molecule has 0 radical (unpaired) electrons. The third-order valence-corrected chi connectivity index (χ3v) is 4.50. The molecule has 3 rings (SSSR count). The second kappa shape index (κ2) is 7.31. The molecule has 1 fully saturated rings. The Bertz CT molecular complexity index is 732. The number of benzene rings is 1. The first-order valence-electron chi connectivity index (χ1n) is 8.59. The number of piperidine rings is 1. The van der Waals surface area contributed by atoms with E-state index in [0.717, 1.165) is 30.2 Å². The molecular formula is C19H23N5. The van der Waals surface area contributed by atoms with Gasteiger partial charge < -0.3 is 10.2 Å². The summed E-state index contributed by atoms with van der Waals surface area (Å²) >= 11 is 0. The van der Waals surface area contributed by atoms with E-state index >= 15 is 0 Å². The van der Waals surface area contributed by atoms with Gasteiger partial charge in [-0.1, -0.05) is 6.92 Å². The standard InChI is InChI=1S/C19H23N5/c1-3-17-6-4-5-11-24(17)18-12-14(2)21-19(23-18)22-16-9-7-15(13-20)8-10-16/h7-10,12,17H,3-6,11H2,1-2H3,(H,21,22,23). The molecule has 1 atom stereocenters. The smallest absolute Gasteiger partial charge is 0.229 e. The van der Waals surface area contributed by atoms with Gasteiger partial charge in [0.05, 0.1) is 11.6 Å². The highest BCUT2D eigenvalue weighted by Gasteiger charge is 2.22. The minimum Gasteiger partial charge on any atom is -0.353 e. The highest BCUT2D eigenvalue weighted by Crippen LogP contribution is 2.26. The molecule has 1 aliphatic rings. The number of hydrogen-bond acceptors (Lipinski definition) is 5. The van der Waals surface area contributed by atoms with E-state index < -0.39 is 0 Å². The number of anilines is 3. The van der Waals surface area contributed by atoms with E-state index in [0.29, 0.717) is 17.6 Å². The number of nitrogens with one attached hydrogen (secondary N) is 1. The third kappa shape index (κ3) is 3.65. The number of nitrogens with zero attached hydrogens (tertiary/aromatic N) is 4. The van der Waals surface area contributed by atoms with Crippen molar-refractivity contribution in [2.24, 2.45) is 0 Å². The molecule has 0 saturated carbocycles. The van der Waals surface area contributed by atoms with Gasteiger partial charge in [0.25, 0.3) is 0 Å². The van der Waals surface area contributed by atoms with Gasteiger partial charge in [0, 0.05) is 30.0 Å². The van der Waals surface area contributed by atoms with E-state index in [1.165, 1.54) is 19.3 Å². The maximum atomic E-state index is 8.88. The van der Waals surface area contributed by atoms with E-state index in [1.807, 2.05) is 19.1 Å². The Kier molecular flexibility index (Phi) is 4.95. The van der Waals surface area contributed by atoms with Crippen LogP contribution in [0.15, 0.2) is 30.3 Å². The van der Waals surface area contributed by atoms with Crippen LogP contribution in [0, 0.1) is 18.3 Å². The Hall–Kier alpha value is -2.61. The van der Waals surface area contributed by atoms with Gasteiger partial charge in [0.1, 0.15) is 5.82 Å². The molecule has 0 aliphatic carbocycles. The lowest BCUT2D eigenvalue weighted by atomic mass is 10.00. The number of aromatic nitrogens is 2. The highest BCUT2D eigenvalue weighted by atomic mass is 15.2. The van der Waals surface area contributed by atoms with Crippen LogP contribution < -0.4 is 10.2 Å². The second-order valence-corrected chi connectivity index (χ2v) is 6.26. The number of aryl methyl sites for hydroxylation is 1. The van der Waals surface area contributed by atoms with Gasteiger partial charge in [-0.3, -0.25) is 0 Å². The zero-order chi connectivity index (χ0) is 16.9. The van der Waals surface area contributed by atoms with Gasteiger partial charge in [0.2, 0.25) is 5.95 Å². The summed E-state index contributed by atoms with van der Waals surface area (Å²) in [6.07, 6.45) is 4.90. The topological polar surface area (TPSA) is 64.8 Å². The average molecular weight is 321 g/mol. The van der Waals surface area contributed by atoms with Crippen LogP contribution in [0.3, 0.4) is 0 Å². The van der Waals surface area contributed by atoms with E-state index in [2.05, 4.69) is 34.3 Å². The fourth-order valence-electron chi connectivity index (χ4n) is 3.24. The second-order valence-electron chi connectivity index (χ2n) is 6.26. The lowest BCUT2D eigenvalue weighted by Gasteiger charge is -2.36. The number of rotatable bonds is 4. The maximum Gasteiger partial charge on any atom is 0.229 e. The predicted molar refractivity (Wildman–Crippen MR) is 96.5 cm³/mol. The fourth-order valence-corrected chi connectivity index (χ4v) is 3.24. The van der Waals surface area contributed by atoms with Gasteiger partial charge in [-0.15, -0.1) is 0 Å². The van der Waals surface area contributed by atoms with Crippen molar-refractivity contribution in [1.82, 2.24) is 9.97 Å². The molecule has 2 aromatic rings. The summed E-state index contributed by atoms with van der Waals surface area (Å²) in [5.41, 5.74) is 2.48. The van der Waals surface area contributed by atoms with Gasteiger partial charge in [0.15, 0.2) is 0 Å². The zero-order valence-corrected chi connectivity index (χ0v) is 14.3. The molecule has 1 unspecified atom stereocenters. The lowest BCUT2D eigenvalue weighted by molar-refractivity contribution is 0.446. The van der Waals surface area contributed by atoms with Crippen molar-refractivity contribution in [3.63, 3.8) is 0 Å². The molecule has 1 saturated heterocycles. The minimum atomic E-state index is 0.566. The molecule has 24 heavy (non-hydrogen) atoms. The predicted octanol–water partition coefficient (Wildman–Crippen LogP) is 4.17. The third-order valence-electron chi connectivity index (χ3n) is 4.50. The summed E-state index contributed by atoms with van der Waals surface area (Å²) in [4.78, 5) is 11.7. The van der Waals surface area contributed by atoms with E-state index in [9.17, 15) is 0 Å². The van der Waals surface area contributed by atoms with Crippen LogP contribution in [0.2, 0.25) is 0 Å². The Morgan fingerprint density at radius 1 is 1.25 bits per heavy atom. The highest BCUT2D eigenvalue weighted by molar-refractivity contribution is 5.57. The molecule has 5 nitrogen and oxygen atoms in total. The van der Waals surface area contributed by atoms with Crippen LogP contribution in [0.4, 0.5) is 17.5 Å². The zero-order valence-electron chi connectivity index (χ0n) is 14.3. The molecule has 1 aromatic carbocycles. The molecule has 0 spiro atoms. The van der Waals surface area contributed by atoms with Crippen molar-refractivity contribution in [2.45, 2.75) is 45.6 Å². The molecule has 1 aromatic heterocycles. The normalized spacial score (nSPS) is 17.4. The molecule has 124 valence electrons. The largest absolute Gasteiger partial charge is 0.353 e. The van der Waals surface area contributed by atoms with Crippen LogP contribution in [0.25, 0.3) is 0 Å². The van der Waals surface area contributed by atoms with Crippen LogP contribution in [-0.2, 0) is 0 Å². The van der Waals surface area contributed by atoms with Crippen molar-refractivity contribution in [3.05, 3.63) is 41.6 Å². The maximum absolute atomic E-state index is 8.88. The van der Waals surface area contributed by atoms with Gasteiger partial charge in [-0.2, -0.15) is 10.2 Å². The first-order chi connectivity index (χ1) is 11.7. The Labute approximate surface area is 143 Å². The van der Waals surface area contributed by atoms with E-state index in [-0.39, 0.29) is 0 Å². The molecular weight excluding hydrogens is 298 g/mol. The van der Waals surface area contributed by atoms with Crippen LogP contribution in [-0.4, -0.2) is 22.6 Å². The van der Waals surface area contributed by atoms with Crippen LogP contribution >= 0.6 is 0 Å². The Morgan fingerprint density at radius 3 is 2.75 bits per heavy atom. The Morgan fingerprint density at radius 2 is 2.04 bits per heavy atom. The first-order valence-corrected chi connectivity index (χ1v) is 8.59. The fraction of sp³-hybridized carbons (Fsp3) is 0.421. The van der Waals surface area contributed by atoms with E-state index in [4.69, 9.17) is 10.2 Å². The summed E-state index contributed by atoms with van der Waals surface area (Å²) in [6, 6.07) is 12.1. The van der Waals surface area contributed by atoms with Crippen molar-refractivity contribution in [2.75, 3.05) is 16.8 Å². The molecule has 5 heteroatoms.